The van der Waals surface area contributed by atoms with E-state index in [1.807, 2.05) is 0 Å². The van der Waals surface area contributed by atoms with Crippen LogP contribution >= 0.6 is 0 Å². The lowest BCUT2D eigenvalue weighted by Crippen LogP contribution is -2.52. The van der Waals surface area contributed by atoms with Gasteiger partial charge in [-0.25, -0.2) is 9.37 Å². The monoisotopic (exact) mass is 431 g/mol. The van der Waals surface area contributed by atoms with E-state index in [1.165, 1.54) is 6.07 Å². The van der Waals surface area contributed by atoms with Crippen LogP contribution in [0.4, 0.5) is 4.39 Å². The van der Waals surface area contributed by atoms with E-state index in [0.717, 1.165) is 44.5 Å². The highest BCUT2D eigenvalue weighted by Gasteiger charge is 2.46. The molecule has 2 aliphatic heterocycles. The lowest BCUT2D eigenvalue weighted by Gasteiger charge is -2.40. The summed E-state index contributed by atoms with van der Waals surface area (Å²) in [7, 11) is 0. The van der Waals surface area contributed by atoms with Gasteiger partial charge in [0.1, 0.15) is 12.0 Å². The third-order valence-corrected chi connectivity index (χ3v) is 8.14. The van der Waals surface area contributed by atoms with Crippen molar-refractivity contribution in [1.29, 1.82) is 0 Å². The van der Waals surface area contributed by atoms with Gasteiger partial charge in [-0.05, 0) is 50.9 Å². The van der Waals surface area contributed by atoms with Gasteiger partial charge in [-0.15, -0.1) is 0 Å². The number of hydrogen-bond donors (Lipinski definition) is 2. The standard InChI is InChI=1S/C23H34FN5O2/c1-14-5-6-18(24)17-12-19(27-22(14)17)23(31)26-15-3-2-4-16(11-15)28-9-10-29-20(13-28)25-8-7-21(29)30/h7-8,14-19,22,27H,2-6,9-13H2,1H3,(H,26,31)/t14?,15-,16-,17?,18?,19?,22?/m1/s1. The molecule has 2 aliphatic carbocycles. The summed E-state index contributed by atoms with van der Waals surface area (Å²) in [5, 5.41) is 6.73. The first-order valence-corrected chi connectivity index (χ1v) is 12.0. The van der Waals surface area contributed by atoms with Gasteiger partial charge < -0.3 is 10.6 Å². The first kappa shape index (κ1) is 21.1. The molecule has 3 heterocycles. The van der Waals surface area contributed by atoms with Crippen molar-refractivity contribution in [2.75, 3.05) is 6.54 Å². The average molecular weight is 432 g/mol. The molecule has 5 rings (SSSR count). The molecule has 0 spiro atoms. The predicted molar refractivity (Wildman–Crippen MR) is 115 cm³/mol. The zero-order valence-corrected chi connectivity index (χ0v) is 18.3. The minimum atomic E-state index is -0.784. The average Bonchev–Trinajstić information content (AvgIpc) is 3.24. The normalized spacial score (nSPS) is 38.3. The van der Waals surface area contributed by atoms with Crippen LogP contribution in [0.15, 0.2) is 17.1 Å². The van der Waals surface area contributed by atoms with Gasteiger partial charge in [-0.2, -0.15) is 0 Å². The summed E-state index contributed by atoms with van der Waals surface area (Å²) in [4.78, 5) is 31.8. The molecule has 1 amide bonds. The fourth-order valence-electron chi connectivity index (χ4n) is 6.37. The van der Waals surface area contributed by atoms with Crippen LogP contribution < -0.4 is 16.2 Å². The molecular weight excluding hydrogens is 397 g/mol. The summed E-state index contributed by atoms with van der Waals surface area (Å²) in [5.41, 5.74) is 0.0212. The number of nitrogens with zero attached hydrogens (tertiary/aromatic N) is 3. The SMILES string of the molecule is CC1CCC(F)C2CC(C(=O)N[C@@H]3CCC[C@@H](N4CCn5c(nccc5=O)C4)C3)NC12. The lowest BCUT2D eigenvalue weighted by atomic mass is 9.77. The molecule has 2 saturated carbocycles. The van der Waals surface area contributed by atoms with Crippen LogP contribution in [0.2, 0.25) is 0 Å². The number of hydrogen-bond acceptors (Lipinski definition) is 5. The van der Waals surface area contributed by atoms with E-state index in [0.29, 0.717) is 37.9 Å². The lowest BCUT2D eigenvalue weighted by molar-refractivity contribution is -0.124. The van der Waals surface area contributed by atoms with E-state index >= 15 is 0 Å². The number of rotatable bonds is 3. The number of amides is 1. The molecule has 170 valence electrons. The van der Waals surface area contributed by atoms with Crippen molar-refractivity contribution in [3.05, 3.63) is 28.4 Å². The Balaban J connectivity index is 1.18. The number of fused-ring (bicyclic) bond motifs is 2. The molecule has 7 atom stereocenters. The van der Waals surface area contributed by atoms with E-state index < -0.39 is 6.17 Å². The second kappa shape index (κ2) is 8.62. The Hall–Kier alpha value is -1.80. The molecule has 1 saturated heterocycles. The van der Waals surface area contributed by atoms with Crippen molar-refractivity contribution >= 4 is 5.91 Å². The Morgan fingerprint density at radius 3 is 2.94 bits per heavy atom. The minimum Gasteiger partial charge on any atom is -0.352 e. The number of nitrogens with one attached hydrogen (secondary N) is 2. The van der Waals surface area contributed by atoms with E-state index in [1.54, 1.807) is 10.8 Å². The second-order valence-corrected chi connectivity index (χ2v) is 10.1. The summed E-state index contributed by atoms with van der Waals surface area (Å²) in [5.74, 6) is 1.27. The quantitative estimate of drug-likeness (QED) is 0.760. The second-order valence-electron chi connectivity index (χ2n) is 10.1. The maximum atomic E-state index is 14.4. The Morgan fingerprint density at radius 1 is 1.23 bits per heavy atom. The van der Waals surface area contributed by atoms with Gasteiger partial charge in [0.2, 0.25) is 5.91 Å². The van der Waals surface area contributed by atoms with Crippen LogP contribution in [0.3, 0.4) is 0 Å². The molecule has 1 aromatic rings. The zero-order chi connectivity index (χ0) is 21.5. The van der Waals surface area contributed by atoms with E-state index in [-0.39, 0.29) is 35.5 Å². The Kier molecular flexibility index (Phi) is 5.86. The fraction of sp³-hybridized carbons (Fsp3) is 0.783. The van der Waals surface area contributed by atoms with Crippen LogP contribution in [-0.2, 0) is 17.9 Å². The van der Waals surface area contributed by atoms with Gasteiger partial charge in [0.15, 0.2) is 0 Å². The third-order valence-electron chi connectivity index (χ3n) is 8.14. The number of alkyl halides is 1. The number of aromatic nitrogens is 2. The van der Waals surface area contributed by atoms with Gasteiger partial charge in [-0.3, -0.25) is 19.1 Å². The molecule has 1 aromatic heterocycles. The summed E-state index contributed by atoms with van der Waals surface area (Å²) >= 11 is 0. The molecule has 2 N–H and O–H groups in total. The molecule has 8 heteroatoms. The van der Waals surface area contributed by atoms with Gasteiger partial charge in [-0.1, -0.05) is 6.92 Å². The molecule has 0 aromatic carbocycles. The van der Waals surface area contributed by atoms with Crippen LogP contribution in [0.1, 0.15) is 57.7 Å². The molecule has 5 unspecified atom stereocenters. The van der Waals surface area contributed by atoms with Crippen LogP contribution in [0.25, 0.3) is 0 Å². The summed E-state index contributed by atoms with van der Waals surface area (Å²) < 4.78 is 16.2. The summed E-state index contributed by atoms with van der Waals surface area (Å²) in [6.07, 6.45) is 7.05. The van der Waals surface area contributed by atoms with Crippen molar-refractivity contribution in [3.8, 4) is 0 Å². The summed E-state index contributed by atoms with van der Waals surface area (Å²) in [6.45, 7) is 4.37. The van der Waals surface area contributed by atoms with Crippen molar-refractivity contribution in [2.24, 2.45) is 11.8 Å². The van der Waals surface area contributed by atoms with E-state index in [9.17, 15) is 14.0 Å². The smallest absolute Gasteiger partial charge is 0.253 e. The van der Waals surface area contributed by atoms with Crippen molar-refractivity contribution in [3.63, 3.8) is 0 Å². The predicted octanol–water partition coefficient (Wildman–Crippen LogP) is 1.60. The van der Waals surface area contributed by atoms with Gasteiger partial charge >= 0.3 is 0 Å². The van der Waals surface area contributed by atoms with E-state index in [2.05, 4.69) is 27.4 Å². The highest BCUT2D eigenvalue weighted by molar-refractivity contribution is 5.82. The van der Waals surface area contributed by atoms with Gasteiger partial charge in [0.25, 0.3) is 5.56 Å². The molecular formula is C23H34FN5O2. The van der Waals surface area contributed by atoms with Crippen LogP contribution in [0.5, 0.6) is 0 Å². The highest BCUT2D eigenvalue weighted by Crippen LogP contribution is 2.38. The maximum absolute atomic E-state index is 14.4. The number of carbonyl (C=O) groups excluding carboxylic acids is 1. The van der Waals surface area contributed by atoms with E-state index in [4.69, 9.17) is 0 Å². The largest absolute Gasteiger partial charge is 0.352 e. The van der Waals surface area contributed by atoms with Crippen LogP contribution in [0, 0.1) is 11.8 Å². The summed E-state index contributed by atoms with van der Waals surface area (Å²) in [6, 6.07) is 1.92. The first-order chi connectivity index (χ1) is 15.0. The Labute approximate surface area is 182 Å². The van der Waals surface area contributed by atoms with Crippen molar-refractivity contribution < 1.29 is 9.18 Å². The Bertz CT molecular complexity index is 858. The molecule has 31 heavy (non-hydrogen) atoms. The molecule has 7 nitrogen and oxygen atoms in total. The van der Waals surface area contributed by atoms with Crippen molar-refractivity contribution in [2.45, 2.75) is 95.3 Å². The van der Waals surface area contributed by atoms with Gasteiger partial charge in [0, 0.05) is 49.4 Å². The fourth-order valence-corrected chi connectivity index (χ4v) is 6.37. The number of carbonyl (C=O) groups is 1. The third kappa shape index (κ3) is 4.16. The molecule has 4 aliphatic rings. The topological polar surface area (TPSA) is 79.3 Å². The molecule has 0 bridgehead atoms. The minimum absolute atomic E-state index is 0.0212. The highest BCUT2D eigenvalue weighted by atomic mass is 19.1. The van der Waals surface area contributed by atoms with Gasteiger partial charge in [0.05, 0.1) is 12.6 Å². The number of halogens is 1. The van der Waals surface area contributed by atoms with Crippen molar-refractivity contribution in [1.82, 2.24) is 25.1 Å². The first-order valence-electron chi connectivity index (χ1n) is 12.0. The Morgan fingerprint density at radius 2 is 2.10 bits per heavy atom. The maximum Gasteiger partial charge on any atom is 0.253 e. The van der Waals surface area contributed by atoms with Crippen LogP contribution in [-0.4, -0.2) is 57.2 Å². The molecule has 3 fully saturated rings. The zero-order valence-electron chi connectivity index (χ0n) is 18.3. The molecule has 0 radical (unpaired) electrons.